The van der Waals surface area contributed by atoms with Crippen LogP contribution in [-0.2, 0) is 27.2 Å². The smallest absolute Gasteiger partial charge is 0.407 e. The summed E-state index contributed by atoms with van der Waals surface area (Å²) in [6.07, 6.45) is 6.22. The summed E-state index contributed by atoms with van der Waals surface area (Å²) in [6, 6.07) is -0.187. The van der Waals surface area contributed by atoms with E-state index in [1.165, 1.54) is 0 Å². The minimum absolute atomic E-state index is 0.00381. The van der Waals surface area contributed by atoms with E-state index in [1.54, 1.807) is 27.7 Å². The number of ether oxygens (including phenoxy) is 1. The largest absolute Gasteiger partial charge is 0.481 e. The molecule has 54 heavy (non-hydrogen) atoms. The molecule has 0 spiro atoms. The molecule has 3 aliphatic heterocycles. The summed E-state index contributed by atoms with van der Waals surface area (Å²) in [4.78, 5) is 68.1. The molecule has 0 saturated heterocycles. The average Bonchev–Trinajstić information content (AvgIpc) is 3.76. The van der Waals surface area contributed by atoms with Crippen molar-refractivity contribution in [2.45, 2.75) is 99.1 Å². The fourth-order valence-electron chi connectivity index (χ4n) is 7.65. The second-order valence-corrected chi connectivity index (χ2v) is 15.2. The van der Waals surface area contributed by atoms with Gasteiger partial charge in [-0.2, -0.15) is 0 Å². The maximum absolute atomic E-state index is 13.7. The third kappa shape index (κ3) is 8.35. The number of H-pyrrole nitrogens is 2. The van der Waals surface area contributed by atoms with Gasteiger partial charge in [0, 0.05) is 65.8 Å². The predicted molar refractivity (Wildman–Crippen MR) is 208 cm³/mol. The van der Waals surface area contributed by atoms with Crippen LogP contribution in [0.15, 0.2) is 45.6 Å². The number of aromatic nitrogens is 2. The Kier molecular flexibility index (Phi) is 11.7. The zero-order chi connectivity index (χ0) is 39.6. The normalized spacial score (nSPS) is 22.0. The summed E-state index contributed by atoms with van der Waals surface area (Å²) in [5.41, 5.74) is 8.09. The molecular formula is C41H52N6O7. The van der Waals surface area contributed by atoms with Crippen molar-refractivity contribution in [3.8, 4) is 0 Å². The Bertz CT molecular complexity index is 2150. The summed E-state index contributed by atoms with van der Waals surface area (Å²) in [5, 5.41) is 26.7. The molecule has 0 aliphatic carbocycles. The lowest BCUT2D eigenvalue weighted by atomic mass is 9.82. The standard InChI is InChI=1S/C41H52N6O7/c1-10-24-20(3)28-17-30-22(5)26(12-13-35(49)50)37(46-30)27(16-34(48)42-14-15-43-40(53)54-41(7,8)9)38-36(39(51)52)23(6)31(47-38)19-33-25(11-2)21(4)29(45-33)18-32(24)44-28/h10,17,19,22,26,32,45,47H,1,11-16,18H2,2-9H3,(H,42,48)(H,43,53)(H,49,50)(H,51,52)/b30-17-,31-19-,38-27-/t22-,26-,32?/m0/s1. The molecule has 0 radical (unpaired) electrons. The zero-order valence-corrected chi connectivity index (χ0v) is 32.5. The topological polar surface area (TPSA) is 198 Å². The zero-order valence-electron chi connectivity index (χ0n) is 32.5. The van der Waals surface area contributed by atoms with Crippen LogP contribution >= 0.6 is 0 Å². The number of carboxylic acids is 2. The van der Waals surface area contributed by atoms with Crippen LogP contribution in [0.1, 0.15) is 99.2 Å². The number of nitrogens with one attached hydrogen (secondary N) is 4. The Morgan fingerprint density at radius 1 is 1.06 bits per heavy atom. The number of carboxylic acid groups (broad SMARTS) is 2. The molecule has 0 fully saturated rings. The van der Waals surface area contributed by atoms with Crippen LogP contribution < -0.4 is 21.3 Å². The Morgan fingerprint density at radius 3 is 2.39 bits per heavy atom. The number of allylic oxidation sites excluding steroid dienone is 3. The van der Waals surface area contributed by atoms with Crippen molar-refractivity contribution in [2.75, 3.05) is 13.1 Å². The minimum atomic E-state index is -1.18. The molecule has 0 saturated carbocycles. The quantitative estimate of drug-likeness (QED) is 0.181. The fraction of sp³-hybridized carbons (Fsp3) is 0.463. The van der Waals surface area contributed by atoms with E-state index in [1.807, 2.05) is 32.1 Å². The van der Waals surface area contributed by atoms with Gasteiger partial charge >= 0.3 is 18.0 Å². The molecule has 6 N–H and O–H groups in total. The van der Waals surface area contributed by atoms with Gasteiger partial charge in [0.25, 0.3) is 0 Å². The highest BCUT2D eigenvalue weighted by Gasteiger charge is 2.37. The fourth-order valence-corrected chi connectivity index (χ4v) is 7.65. The summed E-state index contributed by atoms with van der Waals surface area (Å²) in [6.45, 7) is 19.4. The highest BCUT2D eigenvalue weighted by atomic mass is 16.6. The van der Waals surface area contributed by atoms with Crippen molar-refractivity contribution >= 4 is 47.0 Å². The first-order valence-corrected chi connectivity index (χ1v) is 18.5. The maximum Gasteiger partial charge on any atom is 0.407 e. The van der Waals surface area contributed by atoms with Gasteiger partial charge in [0.15, 0.2) is 0 Å². The van der Waals surface area contributed by atoms with Gasteiger partial charge in [-0.1, -0.05) is 26.5 Å². The first kappa shape index (κ1) is 39.7. The number of aliphatic carboxylic acids is 1. The predicted octanol–water partition coefficient (Wildman–Crippen LogP) is 4.57. The molecule has 288 valence electrons. The van der Waals surface area contributed by atoms with Crippen LogP contribution in [0, 0.1) is 25.7 Å². The molecule has 5 heterocycles. The number of carbonyl (C=O) groups excluding carboxylic acids is 2. The molecule has 13 heteroatoms. The third-order valence-electron chi connectivity index (χ3n) is 10.4. The number of carbonyl (C=O) groups is 4. The summed E-state index contributed by atoms with van der Waals surface area (Å²) in [7, 11) is 0. The number of amides is 2. The Morgan fingerprint density at radius 2 is 1.76 bits per heavy atom. The van der Waals surface area contributed by atoms with E-state index in [2.05, 4.69) is 41.0 Å². The van der Waals surface area contributed by atoms with Crippen molar-refractivity contribution in [2.24, 2.45) is 21.8 Å². The summed E-state index contributed by atoms with van der Waals surface area (Å²) < 4.78 is 5.28. The molecular weight excluding hydrogens is 688 g/mol. The van der Waals surface area contributed by atoms with Crippen LogP contribution in [0.5, 0.6) is 0 Å². The van der Waals surface area contributed by atoms with E-state index in [9.17, 15) is 29.4 Å². The number of fused-ring (bicyclic) bond motifs is 6. The first-order chi connectivity index (χ1) is 25.4. The van der Waals surface area contributed by atoms with Crippen LogP contribution in [0.3, 0.4) is 0 Å². The highest BCUT2D eigenvalue weighted by Crippen LogP contribution is 2.39. The number of alkyl carbamates (subject to hydrolysis) is 1. The number of aromatic amines is 2. The van der Waals surface area contributed by atoms with Gasteiger partial charge in [0.1, 0.15) is 5.60 Å². The molecule has 3 aliphatic rings. The lowest BCUT2D eigenvalue weighted by Gasteiger charge is -2.20. The monoisotopic (exact) mass is 740 g/mol. The number of hydrogen-bond donors (Lipinski definition) is 6. The van der Waals surface area contributed by atoms with Crippen LogP contribution in [0.4, 0.5) is 4.79 Å². The van der Waals surface area contributed by atoms with Gasteiger partial charge in [-0.15, -0.1) is 0 Å². The second kappa shape index (κ2) is 15.9. The van der Waals surface area contributed by atoms with Gasteiger partial charge in [-0.25, -0.2) is 9.59 Å². The molecule has 2 amide bonds. The Hall–Kier alpha value is -5.46. The van der Waals surface area contributed by atoms with Crippen molar-refractivity contribution in [1.82, 2.24) is 20.6 Å². The van der Waals surface area contributed by atoms with E-state index in [4.69, 9.17) is 14.7 Å². The van der Waals surface area contributed by atoms with Crippen molar-refractivity contribution in [3.05, 3.63) is 79.9 Å². The Balaban J connectivity index is 1.73. The molecule has 1 unspecified atom stereocenters. The van der Waals surface area contributed by atoms with E-state index < -0.39 is 35.5 Å². The number of nitrogens with zero attached hydrogens (tertiary/aromatic N) is 2. The number of aromatic carboxylic acids is 1. The molecule has 2 aromatic rings. The van der Waals surface area contributed by atoms with Crippen LogP contribution in [-0.4, -0.2) is 80.3 Å². The molecule has 2 aromatic heterocycles. The molecule has 13 nitrogen and oxygen atoms in total. The average molecular weight is 741 g/mol. The first-order valence-electron chi connectivity index (χ1n) is 18.5. The van der Waals surface area contributed by atoms with Gasteiger partial charge < -0.3 is 35.6 Å². The van der Waals surface area contributed by atoms with E-state index in [0.717, 1.165) is 45.8 Å². The second-order valence-electron chi connectivity index (χ2n) is 15.2. The molecule has 8 bridgehead atoms. The number of aliphatic imine (C=N–C) groups is 2. The highest BCUT2D eigenvalue weighted by molar-refractivity contribution is 6.25. The summed E-state index contributed by atoms with van der Waals surface area (Å²) in [5.74, 6) is -3.30. The van der Waals surface area contributed by atoms with Crippen molar-refractivity contribution in [1.29, 1.82) is 0 Å². The minimum Gasteiger partial charge on any atom is -0.481 e. The lowest BCUT2D eigenvalue weighted by molar-refractivity contribution is -0.137. The van der Waals surface area contributed by atoms with Crippen molar-refractivity contribution < 1.29 is 34.1 Å². The van der Waals surface area contributed by atoms with E-state index in [0.29, 0.717) is 34.3 Å². The van der Waals surface area contributed by atoms with Gasteiger partial charge in [0.05, 0.1) is 34.8 Å². The number of rotatable bonds is 11. The van der Waals surface area contributed by atoms with E-state index in [-0.39, 0.29) is 55.2 Å². The van der Waals surface area contributed by atoms with Crippen LogP contribution in [0.2, 0.25) is 0 Å². The maximum atomic E-state index is 13.7. The lowest BCUT2D eigenvalue weighted by Crippen LogP contribution is -2.38. The molecule has 0 aromatic carbocycles. The summed E-state index contributed by atoms with van der Waals surface area (Å²) >= 11 is 0. The Labute approximate surface area is 315 Å². The molecule has 5 rings (SSSR count). The van der Waals surface area contributed by atoms with Crippen LogP contribution in [0.25, 0.3) is 11.6 Å². The third-order valence-corrected chi connectivity index (χ3v) is 10.4. The van der Waals surface area contributed by atoms with Crippen molar-refractivity contribution in [3.63, 3.8) is 0 Å². The van der Waals surface area contributed by atoms with Gasteiger partial charge in [0.2, 0.25) is 5.91 Å². The SMILES string of the molecule is C=CC1=C(C)C2=NC1Cc1[nH]c(c(CC)c1C)/C=c1\[nH]/c(c(C(=O)O)c1C)=C(/CC(=O)NCCNC(=O)OC(C)(C)C)C1=N/C(=C\2)[C@@H](C)[C@@H]1CCC(=O)O. The molecule has 3 atom stereocenters. The van der Waals surface area contributed by atoms with Gasteiger partial charge in [-0.05, 0) is 94.4 Å². The van der Waals surface area contributed by atoms with E-state index >= 15 is 0 Å². The number of hydrogen-bond acceptors (Lipinski definition) is 7. The van der Waals surface area contributed by atoms with Gasteiger partial charge in [-0.3, -0.25) is 19.6 Å².